The molecule has 2 unspecified atom stereocenters. The van der Waals surface area contributed by atoms with Crippen molar-refractivity contribution >= 4 is 5.97 Å². The zero-order valence-electron chi connectivity index (χ0n) is 12.3. The minimum Gasteiger partial charge on any atom is -0.477 e. The molecule has 0 bridgehead atoms. The van der Waals surface area contributed by atoms with E-state index in [0.717, 1.165) is 32.5 Å². The summed E-state index contributed by atoms with van der Waals surface area (Å²) in [6.07, 6.45) is 4.66. The van der Waals surface area contributed by atoms with Crippen LogP contribution in [0, 0.1) is 11.8 Å². The zero-order valence-corrected chi connectivity index (χ0v) is 12.3. The monoisotopic (exact) mass is 291 g/mol. The molecule has 1 aliphatic carbocycles. The molecule has 0 amide bonds. The van der Waals surface area contributed by atoms with E-state index in [4.69, 9.17) is 14.2 Å². The smallest absolute Gasteiger partial charge is 0.338 e. The first kappa shape index (κ1) is 14.3. The molecular weight excluding hydrogens is 270 g/mol. The van der Waals surface area contributed by atoms with Gasteiger partial charge in [-0.05, 0) is 37.2 Å². The van der Waals surface area contributed by atoms with Gasteiger partial charge in [0.05, 0.1) is 12.2 Å². The van der Waals surface area contributed by atoms with Crippen molar-refractivity contribution in [3.05, 3.63) is 23.9 Å². The Morgan fingerprint density at radius 3 is 2.90 bits per heavy atom. The van der Waals surface area contributed by atoms with E-state index in [2.05, 4.69) is 11.9 Å². The summed E-state index contributed by atoms with van der Waals surface area (Å²) < 4.78 is 16.4. The van der Waals surface area contributed by atoms with Crippen molar-refractivity contribution < 1.29 is 19.0 Å². The Morgan fingerprint density at radius 1 is 1.43 bits per heavy atom. The van der Waals surface area contributed by atoms with E-state index in [1.807, 2.05) is 0 Å². The number of nitrogens with zero attached hydrogens (tertiary/aromatic N) is 1. The highest BCUT2D eigenvalue weighted by Gasteiger charge is 2.36. The van der Waals surface area contributed by atoms with Gasteiger partial charge in [-0.2, -0.15) is 0 Å². The van der Waals surface area contributed by atoms with Crippen molar-refractivity contribution in [3.63, 3.8) is 0 Å². The number of ether oxygens (including phenoxy) is 3. The topological polar surface area (TPSA) is 57.7 Å². The lowest BCUT2D eigenvalue weighted by Crippen LogP contribution is -2.21. The molecule has 21 heavy (non-hydrogen) atoms. The first-order valence-electron chi connectivity index (χ1n) is 7.60. The van der Waals surface area contributed by atoms with Gasteiger partial charge in [0.2, 0.25) is 5.88 Å². The van der Waals surface area contributed by atoms with E-state index in [0.29, 0.717) is 29.9 Å². The molecule has 114 valence electrons. The normalized spacial score (nSPS) is 25.4. The van der Waals surface area contributed by atoms with Gasteiger partial charge in [-0.25, -0.2) is 9.78 Å². The van der Waals surface area contributed by atoms with Crippen LogP contribution in [0.3, 0.4) is 0 Å². The van der Waals surface area contributed by atoms with Gasteiger partial charge in [0.25, 0.3) is 0 Å². The minimum absolute atomic E-state index is 0.0808. The molecule has 0 radical (unpaired) electrons. The van der Waals surface area contributed by atoms with Crippen LogP contribution in [-0.4, -0.2) is 36.9 Å². The van der Waals surface area contributed by atoms with E-state index in [9.17, 15) is 4.79 Å². The van der Waals surface area contributed by atoms with Crippen molar-refractivity contribution in [2.45, 2.75) is 32.3 Å². The van der Waals surface area contributed by atoms with Gasteiger partial charge in [0, 0.05) is 25.5 Å². The summed E-state index contributed by atoms with van der Waals surface area (Å²) in [4.78, 5) is 16.1. The van der Waals surface area contributed by atoms with Crippen molar-refractivity contribution in [3.8, 4) is 5.88 Å². The molecule has 3 rings (SSSR count). The molecule has 2 atom stereocenters. The number of hydrogen-bond donors (Lipinski definition) is 0. The van der Waals surface area contributed by atoms with Crippen LogP contribution in [0.5, 0.6) is 5.88 Å². The number of esters is 1. The van der Waals surface area contributed by atoms with Crippen LogP contribution >= 0.6 is 0 Å². The first-order chi connectivity index (χ1) is 10.2. The Hall–Kier alpha value is -1.62. The summed E-state index contributed by atoms with van der Waals surface area (Å²) >= 11 is 0. The standard InChI is InChI=1S/C16H21NO4/c1-11-8-14(11)21-16(18)13-2-5-17-15(9-13)20-10-12-3-6-19-7-4-12/h2,5,9,11-12,14H,3-4,6-8,10H2,1H3. The van der Waals surface area contributed by atoms with Crippen molar-refractivity contribution in [1.82, 2.24) is 4.98 Å². The fourth-order valence-corrected chi connectivity index (χ4v) is 2.39. The molecule has 1 aliphatic heterocycles. The Morgan fingerprint density at radius 2 is 2.19 bits per heavy atom. The Labute approximate surface area is 124 Å². The first-order valence-corrected chi connectivity index (χ1v) is 7.60. The van der Waals surface area contributed by atoms with Gasteiger partial charge >= 0.3 is 5.97 Å². The minimum atomic E-state index is -0.289. The van der Waals surface area contributed by atoms with Crippen LogP contribution in [-0.2, 0) is 9.47 Å². The number of rotatable bonds is 5. The predicted octanol–water partition coefficient (Wildman–Crippen LogP) is 2.45. The van der Waals surface area contributed by atoms with Gasteiger partial charge in [-0.15, -0.1) is 0 Å². The molecule has 0 spiro atoms. The average molecular weight is 291 g/mol. The Kier molecular flexibility index (Phi) is 4.39. The van der Waals surface area contributed by atoms with Gasteiger partial charge in [0.1, 0.15) is 6.10 Å². The van der Waals surface area contributed by atoms with Crippen LogP contribution in [0.25, 0.3) is 0 Å². The molecule has 0 N–H and O–H groups in total. The molecule has 2 fully saturated rings. The quantitative estimate of drug-likeness (QED) is 0.780. The molecule has 1 saturated heterocycles. The largest absolute Gasteiger partial charge is 0.477 e. The molecule has 2 heterocycles. The molecule has 0 aromatic carbocycles. The van der Waals surface area contributed by atoms with Crippen molar-refractivity contribution in [1.29, 1.82) is 0 Å². The lowest BCUT2D eigenvalue weighted by atomic mass is 10.0. The number of pyridine rings is 1. The molecule has 1 aromatic rings. The van der Waals surface area contributed by atoms with Crippen LogP contribution in [0.4, 0.5) is 0 Å². The summed E-state index contributed by atoms with van der Waals surface area (Å²) in [6.45, 7) is 4.29. The summed E-state index contributed by atoms with van der Waals surface area (Å²) in [6, 6.07) is 3.32. The third-order valence-electron chi connectivity index (χ3n) is 4.07. The van der Waals surface area contributed by atoms with Crippen LogP contribution in [0.1, 0.15) is 36.5 Å². The second-order valence-corrected chi connectivity index (χ2v) is 5.91. The summed E-state index contributed by atoms with van der Waals surface area (Å²) in [5.41, 5.74) is 0.506. The maximum atomic E-state index is 12.0. The lowest BCUT2D eigenvalue weighted by molar-refractivity contribution is 0.0450. The fourth-order valence-electron chi connectivity index (χ4n) is 2.39. The van der Waals surface area contributed by atoms with Crippen molar-refractivity contribution in [2.24, 2.45) is 11.8 Å². The SMILES string of the molecule is CC1CC1OC(=O)c1ccnc(OCC2CCOCC2)c1. The molecule has 2 aliphatic rings. The third kappa shape index (κ3) is 3.94. The maximum absolute atomic E-state index is 12.0. The number of aromatic nitrogens is 1. The highest BCUT2D eigenvalue weighted by Crippen LogP contribution is 2.33. The number of hydrogen-bond acceptors (Lipinski definition) is 5. The fraction of sp³-hybridized carbons (Fsp3) is 0.625. The highest BCUT2D eigenvalue weighted by molar-refractivity contribution is 5.89. The van der Waals surface area contributed by atoms with E-state index >= 15 is 0 Å². The molecule has 1 aromatic heterocycles. The van der Waals surface area contributed by atoms with Gasteiger partial charge in [0.15, 0.2) is 0 Å². The Balaban J connectivity index is 1.53. The second-order valence-electron chi connectivity index (χ2n) is 5.91. The van der Waals surface area contributed by atoms with Gasteiger partial charge in [-0.3, -0.25) is 0 Å². The van der Waals surface area contributed by atoms with E-state index in [1.165, 1.54) is 0 Å². The van der Waals surface area contributed by atoms with Crippen LogP contribution in [0.15, 0.2) is 18.3 Å². The van der Waals surface area contributed by atoms with E-state index < -0.39 is 0 Å². The average Bonchev–Trinajstić information content (AvgIpc) is 3.21. The van der Waals surface area contributed by atoms with Gasteiger partial charge < -0.3 is 14.2 Å². The Bertz CT molecular complexity index is 499. The van der Waals surface area contributed by atoms with Crippen LogP contribution in [0.2, 0.25) is 0 Å². The van der Waals surface area contributed by atoms with Crippen LogP contribution < -0.4 is 4.74 Å². The third-order valence-corrected chi connectivity index (χ3v) is 4.07. The zero-order chi connectivity index (χ0) is 14.7. The summed E-state index contributed by atoms with van der Waals surface area (Å²) in [5.74, 6) is 1.19. The van der Waals surface area contributed by atoms with E-state index in [1.54, 1.807) is 18.3 Å². The number of carbonyl (C=O) groups excluding carboxylic acids is 1. The predicted molar refractivity (Wildman–Crippen MR) is 76.3 cm³/mol. The summed E-state index contributed by atoms with van der Waals surface area (Å²) in [5, 5.41) is 0. The molecule has 1 saturated carbocycles. The van der Waals surface area contributed by atoms with E-state index in [-0.39, 0.29) is 12.1 Å². The summed E-state index contributed by atoms with van der Waals surface area (Å²) in [7, 11) is 0. The maximum Gasteiger partial charge on any atom is 0.338 e. The second kappa shape index (κ2) is 6.43. The lowest BCUT2D eigenvalue weighted by Gasteiger charge is -2.21. The molecular formula is C16H21NO4. The van der Waals surface area contributed by atoms with Gasteiger partial charge in [-0.1, -0.05) is 6.92 Å². The molecule has 5 nitrogen and oxygen atoms in total. The molecule has 5 heteroatoms. The van der Waals surface area contributed by atoms with Crippen molar-refractivity contribution in [2.75, 3.05) is 19.8 Å². The highest BCUT2D eigenvalue weighted by atomic mass is 16.5. The number of carbonyl (C=O) groups is 1.